The fourth-order valence-corrected chi connectivity index (χ4v) is 1.81. The standard InChI is InChI=1S/C15H12N2O2/c1-11-7-8-13(9-16)15(19)17(11)10-14(18)12-5-3-2-4-6-12/h2-8H,10H2,1H3. The number of nitrogens with zero attached hydrogens (tertiary/aromatic N) is 2. The zero-order valence-electron chi connectivity index (χ0n) is 10.5. The molecular weight excluding hydrogens is 240 g/mol. The van der Waals surface area contributed by atoms with Gasteiger partial charge >= 0.3 is 0 Å². The van der Waals surface area contributed by atoms with Gasteiger partial charge in [0.25, 0.3) is 5.56 Å². The minimum Gasteiger partial charge on any atom is -0.304 e. The van der Waals surface area contributed by atoms with Gasteiger partial charge in [0.2, 0.25) is 0 Å². The number of rotatable bonds is 3. The number of benzene rings is 1. The molecule has 0 aliphatic heterocycles. The first kappa shape index (κ1) is 12.8. The van der Waals surface area contributed by atoms with Crippen LogP contribution in [0.25, 0.3) is 0 Å². The Morgan fingerprint density at radius 1 is 1.21 bits per heavy atom. The molecule has 0 saturated carbocycles. The molecule has 19 heavy (non-hydrogen) atoms. The molecule has 2 aromatic rings. The first-order valence-electron chi connectivity index (χ1n) is 5.82. The van der Waals surface area contributed by atoms with Crippen molar-refractivity contribution in [2.45, 2.75) is 13.5 Å². The van der Waals surface area contributed by atoms with Crippen LogP contribution in [0.3, 0.4) is 0 Å². The summed E-state index contributed by atoms with van der Waals surface area (Å²) in [6, 6.07) is 13.7. The highest BCUT2D eigenvalue weighted by Crippen LogP contribution is 2.04. The number of hydrogen-bond acceptors (Lipinski definition) is 3. The molecule has 4 heteroatoms. The zero-order chi connectivity index (χ0) is 13.8. The van der Waals surface area contributed by atoms with Crippen LogP contribution in [-0.4, -0.2) is 10.4 Å². The van der Waals surface area contributed by atoms with Gasteiger partial charge < -0.3 is 4.57 Å². The van der Waals surface area contributed by atoms with Gasteiger partial charge in [0.15, 0.2) is 5.78 Å². The molecule has 0 radical (unpaired) electrons. The van der Waals surface area contributed by atoms with Crippen molar-refractivity contribution in [2.75, 3.05) is 0 Å². The van der Waals surface area contributed by atoms with Gasteiger partial charge in [-0.25, -0.2) is 0 Å². The maximum absolute atomic E-state index is 12.1. The van der Waals surface area contributed by atoms with Crippen LogP contribution in [0.2, 0.25) is 0 Å². The third-order valence-corrected chi connectivity index (χ3v) is 2.91. The van der Waals surface area contributed by atoms with Crippen LogP contribution in [0, 0.1) is 18.3 Å². The maximum atomic E-state index is 12.1. The Morgan fingerprint density at radius 2 is 1.89 bits per heavy atom. The number of ketones is 1. The third kappa shape index (κ3) is 2.61. The van der Waals surface area contributed by atoms with E-state index in [0.717, 1.165) is 0 Å². The molecule has 0 spiro atoms. The van der Waals surface area contributed by atoms with Crippen LogP contribution in [-0.2, 0) is 6.54 Å². The summed E-state index contributed by atoms with van der Waals surface area (Å²) in [5.74, 6) is -0.152. The third-order valence-electron chi connectivity index (χ3n) is 2.91. The number of Topliss-reactive ketones (excluding diaryl/α,β-unsaturated/α-hetero) is 1. The lowest BCUT2D eigenvalue weighted by Gasteiger charge is -2.09. The molecule has 0 fully saturated rings. The molecule has 2 rings (SSSR count). The van der Waals surface area contributed by atoms with Crippen molar-refractivity contribution in [1.29, 1.82) is 5.26 Å². The number of pyridine rings is 1. The van der Waals surface area contributed by atoms with Gasteiger partial charge in [0.05, 0.1) is 6.54 Å². The fraction of sp³-hybridized carbons (Fsp3) is 0.133. The van der Waals surface area contributed by atoms with Gasteiger partial charge in [-0.2, -0.15) is 5.26 Å². The van der Waals surface area contributed by atoms with E-state index in [1.807, 2.05) is 12.1 Å². The highest BCUT2D eigenvalue weighted by Gasteiger charge is 2.11. The van der Waals surface area contributed by atoms with Crippen molar-refractivity contribution < 1.29 is 4.79 Å². The molecule has 0 atom stereocenters. The zero-order valence-corrected chi connectivity index (χ0v) is 10.5. The number of carbonyl (C=O) groups excluding carboxylic acids is 1. The average Bonchev–Trinajstić information content (AvgIpc) is 2.44. The van der Waals surface area contributed by atoms with Gasteiger partial charge in [-0.1, -0.05) is 30.3 Å². The molecule has 0 amide bonds. The van der Waals surface area contributed by atoms with Gasteiger partial charge in [-0.05, 0) is 19.1 Å². The summed E-state index contributed by atoms with van der Waals surface area (Å²) in [7, 11) is 0. The quantitative estimate of drug-likeness (QED) is 0.784. The van der Waals surface area contributed by atoms with E-state index < -0.39 is 5.56 Å². The molecule has 0 aliphatic carbocycles. The molecule has 1 aromatic carbocycles. The number of aromatic nitrogens is 1. The molecule has 0 bridgehead atoms. The lowest BCUT2D eigenvalue weighted by Crippen LogP contribution is -2.27. The lowest BCUT2D eigenvalue weighted by atomic mass is 10.1. The van der Waals surface area contributed by atoms with Crippen molar-refractivity contribution in [1.82, 2.24) is 4.57 Å². The monoisotopic (exact) mass is 252 g/mol. The highest BCUT2D eigenvalue weighted by molar-refractivity contribution is 5.95. The topological polar surface area (TPSA) is 62.9 Å². The van der Waals surface area contributed by atoms with Crippen LogP contribution in [0.1, 0.15) is 21.6 Å². The van der Waals surface area contributed by atoms with Crippen molar-refractivity contribution in [3.63, 3.8) is 0 Å². The molecule has 0 saturated heterocycles. The van der Waals surface area contributed by atoms with Crippen molar-refractivity contribution in [3.8, 4) is 6.07 Å². The summed E-state index contributed by atoms with van der Waals surface area (Å²) in [5, 5.41) is 8.84. The van der Waals surface area contributed by atoms with Crippen LogP contribution in [0.5, 0.6) is 0 Å². The summed E-state index contributed by atoms with van der Waals surface area (Å²) in [5.41, 5.74) is 0.836. The first-order chi connectivity index (χ1) is 9.13. The fourth-order valence-electron chi connectivity index (χ4n) is 1.81. The Labute approximate surface area is 110 Å². The van der Waals surface area contributed by atoms with Gasteiger partial charge in [0.1, 0.15) is 11.6 Å². The van der Waals surface area contributed by atoms with E-state index in [-0.39, 0.29) is 17.9 Å². The van der Waals surface area contributed by atoms with E-state index in [0.29, 0.717) is 11.3 Å². The predicted molar refractivity (Wildman–Crippen MR) is 70.9 cm³/mol. The van der Waals surface area contributed by atoms with Crippen LogP contribution < -0.4 is 5.56 Å². The van der Waals surface area contributed by atoms with E-state index in [1.54, 1.807) is 37.3 Å². The van der Waals surface area contributed by atoms with Crippen LogP contribution in [0.4, 0.5) is 0 Å². The van der Waals surface area contributed by atoms with Crippen LogP contribution >= 0.6 is 0 Å². The predicted octanol–water partition coefficient (Wildman–Crippen LogP) is 1.91. The summed E-state index contributed by atoms with van der Waals surface area (Å²) >= 11 is 0. The molecule has 1 heterocycles. The largest absolute Gasteiger partial charge is 0.304 e. The maximum Gasteiger partial charge on any atom is 0.269 e. The average molecular weight is 252 g/mol. The number of carbonyl (C=O) groups is 1. The Bertz CT molecular complexity index is 709. The SMILES string of the molecule is Cc1ccc(C#N)c(=O)n1CC(=O)c1ccccc1. The molecule has 0 aliphatic rings. The molecular formula is C15H12N2O2. The van der Waals surface area contributed by atoms with E-state index in [4.69, 9.17) is 5.26 Å². The van der Waals surface area contributed by atoms with Crippen molar-refractivity contribution in [2.24, 2.45) is 0 Å². The number of nitriles is 1. The Hall–Kier alpha value is -2.67. The first-order valence-corrected chi connectivity index (χ1v) is 5.82. The van der Waals surface area contributed by atoms with Gasteiger partial charge in [-0.15, -0.1) is 0 Å². The minimum atomic E-state index is -0.424. The Balaban J connectivity index is 2.38. The molecule has 4 nitrogen and oxygen atoms in total. The minimum absolute atomic E-state index is 0.0476. The van der Waals surface area contributed by atoms with E-state index in [9.17, 15) is 9.59 Å². The molecule has 94 valence electrons. The van der Waals surface area contributed by atoms with E-state index in [2.05, 4.69) is 0 Å². The smallest absolute Gasteiger partial charge is 0.269 e. The Kier molecular flexibility index (Phi) is 3.58. The lowest BCUT2D eigenvalue weighted by molar-refractivity contribution is 0.0970. The molecule has 1 aromatic heterocycles. The summed E-state index contributed by atoms with van der Waals surface area (Å²) < 4.78 is 1.33. The molecule has 0 N–H and O–H groups in total. The number of aryl methyl sites for hydroxylation is 1. The van der Waals surface area contributed by atoms with E-state index >= 15 is 0 Å². The van der Waals surface area contributed by atoms with Crippen molar-refractivity contribution in [3.05, 3.63) is 69.6 Å². The molecule has 0 unspecified atom stereocenters. The van der Waals surface area contributed by atoms with E-state index in [1.165, 1.54) is 10.6 Å². The summed E-state index contributed by atoms with van der Waals surface area (Å²) in [6.07, 6.45) is 0. The Morgan fingerprint density at radius 3 is 2.53 bits per heavy atom. The number of hydrogen-bond donors (Lipinski definition) is 0. The van der Waals surface area contributed by atoms with Crippen LogP contribution in [0.15, 0.2) is 47.3 Å². The second-order valence-electron chi connectivity index (χ2n) is 4.18. The van der Waals surface area contributed by atoms with Gasteiger partial charge in [0, 0.05) is 11.3 Å². The summed E-state index contributed by atoms with van der Waals surface area (Å²) in [4.78, 5) is 24.1. The van der Waals surface area contributed by atoms with Gasteiger partial charge in [-0.3, -0.25) is 9.59 Å². The summed E-state index contributed by atoms with van der Waals surface area (Å²) in [6.45, 7) is 1.69. The highest BCUT2D eigenvalue weighted by atomic mass is 16.1. The second-order valence-corrected chi connectivity index (χ2v) is 4.18. The second kappa shape index (κ2) is 5.32. The normalized spacial score (nSPS) is 9.89. The van der Waals surface area contributed by atoms with Crippen molar-refractivity contribution >= 4 is 5.78 Å².